The number of hydrogen-bond donors (Lipinski definition) is 0. The molecule has 0 spiro atoms. The minimum Gasteiger partial charge on any atom is -0.431 e. The lowest BCUT2D eigenvalue weighted by atomic mass is 10.2. The van der Waals surface area contributed by atoms with Gasteiger partial charge < -0.3 is 4.74 Å². The molecule has 1 aliphatic heterocycles. The van der Waals surface area contributed by atoms with Gasteiger partial charge in [-0.3, -0.25) is 4.79 Å². The Labute approximate surface area is 86.3 Å². The van der Waals surface area contributed by atoms with Crippen molar-refractivity contribution in [1.82, 2.24) is 0 Å². The molecule has 2 aliphatic rings. The SMILES string of the molecule is CC1=CCC(=O)O1.CCCCC1CC1. The second-order valence-corrected chi connectivity index (χ2v) is 4.08. The molecule has 14 heavy (non-hydrogen) atoms. The van der Waals surface area contributed by atoms with Gasteiger partial charge in [0.25, 0.3) is 0 Å². The normalized spacial score (nSPS) is 19.6. The number of unbranched alkanes of at least 4 members (excludes halogenated alkanes) is 1. The zero-order chi connectivity index (χ0) is 10.4. The molecule has 0 saturated heterocycles. The van der Waals surface area contributed by atoms with Crippen molar-refractivity contribution < 1.29 is 9.53 Å². The highest BCUT2D eigenvalue weighted by Gasteiger charge is 2.19. The fraction of sp³-hybridized carbons (Fsp3) is 0.750. The van der Waals surface area contributed by atoms with E-state index in [0.29, 0.717) is 6.42 Å². The third-order valence-corrected chi connectivity index (χ3v) is 2.49. The predicted octanol–water partition coefficient (Wildman–Crippen LogP) is 3.42. The van der Waals surface area contributed by atoms with Crippen LogP contribution in [0.5, 0.6) is 0 Å². The van der Waals surface area contributed by atoms with Crippen molar-refractivity contribution in [3.05, 3.63) is 11.8 Å². The first-order valence-electron chi connectivity index (χ1n) is 5.59. The largest absolute Gasteiger partial charge is 0.431 e. The van der Waals surface area contributed by atoms with Gasteiger partial charge in [0.05, 0.1) is 6.42 Å². The molecule has 0 amide bonds. The van der Waals surface area contributed by atoms with Crippen LogP contribution in [0.2, 0.25) is 0 Å². The van der Waals surface area contributed by atoms with Gasteiger partial charge in [-0.15, -0.1) is 0 Å². The summed E-state index contributed by atoms with van der Waals surface area (Å²) in [6.07, 6.45) is 9.63. The summed E-state index contributed by atoms with van der Waals surface area (Å²) in [6.45, 7) is 4.04. The van der Waals surface area contributed by atoms with Gasteiger partial charge in [-0.2, -0.15) is 0 Å². The molecule has 80 valence electrons. The highest BCUT2D eigenvalue weighted by molar-refractivity contribution is 5.74. The molecule has 2 heteroatoms. The zero-order valence-corrected chi connectivity index (χ0v) is 9.21. The van der Waals surface area contributed by atoms with Crippen LogP contribution in [0.25, 0.3) is 0 Å². The number of cyclic esters (lactones) is 1. The summed E-state index contributed by atoms with van der Waals surface area (Å²) in [5.74, 6) is 1.74. The average molecular weight is 196 g/mol. The maximum absolute atomic E-state index is 10.2. The standard InChI is InChI=1S/C7H14.C5H6O2/c1-2-3-4-7-5-6-7;1-4-2-3-5(6)7-4/h7H,2-6H2,1H3;2H,3H2,1H3. The van der Waals surface area contributed by atoms with E-state index in [4.69, 9.17) is 0 Å². The molecule has 1 heterocycles. The Bertz CT molecular complexity index is 214. The summed E-state index contributed by atoms with van der Waals surface area (Å²) in [7, 11) is 0. The van der Waals surface area contributed by atoms with E-state index < -0.39 is 0 Å². The van der Waals surface area contributed by atoms with Crippen LogP contribution < -0.4 is 0 Å². The van der Waals surface area contributed by atoms with Crippen molar-refractivity contribution in [2.75, 3.05) is 0 Å². The zero-order valence-electron chi connectivity index (χ0n) is 9.21. The molecule has 0 unspecified atom stereocenters. The lowest BCUT2D eigenvalue weighted by molar-refractivity contribution is -0.136. The summed E-state index contributed by atoms with van der Waals surface area (Å²) in [6, 6.07) is 0. The second kappa shape index (κ2) is 5.84. The molecule has 2 nitrogen and oxygen atoms in total. The molecule has 0 aromatic carbocycles. The molecule has 1 saturated carbocycles. The van der Waals surface area contributed by atoms with Crippen LogP contribution in [0.4, 0.5) is 0 Å². The molecule has 1 aliphatic carbocycles. The minimum atomic E-state index is -0.141. The summed E-state index contributed by atoms with van der Waals surface area (Å²) < 4.78 is 4.58. The van der Waals surface area contributed by atoms with Crippen molar-refractivity contribution in [1.29, 1.82) is 0 Å². The van der Waals surface area contributed by atoms with Crippen LogP contribution in [-0.2, 0) is 9.53 Å². The van der Waals surface area contributed by atoms with Gasteiger partial charge in [-0.25, -0.2) is 0 Å². The molecule has 0 aromatic heterocycles. The first-order valence-corrected chi connectivity index (χ1v) is 5.59. The van der Waals surface area contributed by atoms with Crippen molar-refractivity contribution >= 4 is 5.97 Å². The molecule has 0 radical (unpaired) electrons. The fourth-order valence-corrected chi connectivity index (χ4v) is 1.39. The number of hydrogen-bond acceptors (Lipinski definition) is 2. The molecule has 1 fully saturated rings. The number of esters is 1. The Morgan fingerprint density at radius 3 is 2.50 bits per heavy atom. The third-order valence-electron chi connectivity index (χ3n) is 2.49. The molecule has 0 N–H and O–H groups in total. The van der Waals surface area contributed by atoms with Gasteiger partial charge in [0.15, 0.2) is 0 Å². The van der Waals surface area contributed by atoms with Crippen LogP contribution in [-0.4, -0.2) is 5.97 Å². The number of allylic oxidation sites excluding steroid dienone is 1. The van der Waals surface area contributed by atoms with Gasteiger partial charge in [0, 0.05) is 0 Å². The summed E-state index contributed by atoms with van der Waals surface area (Å²) in [4.78, 5) is 10.2. The Morgan fingerprint density at radius 1 is 1.50 bits per heavy atom. The second-order valence-electron chi connectivity index (χ2n) is 4.08. The maximum atomic E-state index is 10.2. The molecule has 0 aromatic rings. The first kappa shape index (κ1) is 11.3. The van der Waals surface area contributed by atoms with Gasteiger partial charge >= 0.3 is 5.97 Å². The lowest BCUT2D eigenvalue weighted by Crippen LogP contribution is -1.90. The lowest BCUT2D eigenvalue weighted by Gasteiger charge is -1.88. The topological polar surface area (TPSA) is 26.3 Å². The number of rotatable bonds is 3. The van der Waals surface area contributed by atoms with E-state index in [9.17, 15) is 4.79 Å². The monoisotopic (exact) mass is 196 g/mol. The van der Waals surface area contributed by atoms with E-state index >= 15 is 0 Å². The number of carbonyl (C=O) groups excluding carboxylic acids is 1. The van der Waals surface area contributed by atoms with Crippen molar-refractivity contribution in [2.24, 2.45) is 5.92 Å². The predicted molar refractivity (Wildman–Crippen MR) is 56.7 cm³/mol. The fourth-order valence-electron chi connectivity index (χ4n) is 1.39. The minimum absolute atomic E-state index is 0.141. The summed E-state index contributed by atoms with van der Waals surface area (Å²) in [5, 5.41) is 0. The van der Waals surface area contributed by atoms with Crippen LogP contribution in [0.15, 0.2) is 11.8 Å². The number of ether oxygens (including phenoxy) is 1. The Balaban J connectivity index is 0.000000140. The van der Waals surface area contributed by atoms with Crippen molar-refractivity contribution in [3.63, 3.8) is 0 Å². The molecule has 0 atom stereocenters. The van der Waals surface area contributed by atoms with Crippen molar-refractivity contribution in [3.8, 4) is 0 Å². The summed E-state index contributed by atoms with van der Waals surface area (Å²) >= 11 is 0. The van der Waals surface area contributed by atoms with E-state index in [1.807, 2.05) is 0 Å². The van der Waals surface area contributed by atoms with Crippen LogP contribution in [0.3, 0.4) is 0 Å². The first-order chi connectivity index (χ1) is 6.72. The van der Waals surface area contributed by atoms with E-state index in [0.717, 1.165) is 11.7 Å². The van der Waals surface area contributed by atoms with E-state index in [2.05, 4.69) is 11.7 Å². The maximum Gasteiger partial charge on any atom is 0.314 e. The Hall–Kier alpha value is -0.790. The van der Waals surface area contributed by atoms with E-state index in [1.54, 1.807) is 13.0 Å². The average Bonchev–Trinajstić information content (AvgIpc) is 2.90. The van der Waals surface area contributed by atoms with E-state index in [-0.39, 0.29) is 5.97 Å². The third kappa shape index (κ3) is 5.05. The molecular formula is C12H20O2. The molecule has 2 rings (SSSR count). The van der Waals surface area contributed by atoms with Crippen LogP contribution in [0, 0.1) is 5.92 Å². The van der Waals surface area contributed by atoms with Gasteiger partial charge in [0.1, 0.15) is 5.76 Å². The van der Waals surface area contributed by atoms with Crippen LogP contribution >= 0.6 is 0 Å². The highest BCUT2D eigenvalue weighted by atomic mass is 16.5. The van der Waals surface area contributed by atoms with Gasteiger partial charge in [-0.1, -0.05) is 39.0 Å². The molecular weight excluding hydrogens is 176 g/mol. The van der Waals surface area contributed by atoms with Crippen molar-refractivity contribution in [2.45, 2.75) is 52.4 Å². The number of carbonyl (C=O) groups is 1. The van der Waals surface area contributed by atoms with Gasteiger partial charge in [-0.05, 0) is 18.9 Å². The molecule has 0 bridgehead atoms. The Kier molecular flexibility index (Phi) is 4.71. The highest BCUT2D eigenvalue weighted by Crippen LogP contribution is 2.33. The smallest absolute Gasteiger partial charge is 0.314 e. The Morgan fingerprint density at radius 2 is 2.21 bits per heavy atom. The van der Waals surface area contributed by atoms with Gasteiger partial charge in [0.2, 0.25) is 0 Å². The van der Waals surface area contributed by atoms with Crippen LogP contribution in [0.1, 0.15) is 52.4 Å². The quantitative estimate of drug-likeness (QED) is 0.646. The van der Waals surface area contributed by atoms with E-state index in [1.165, 1.54) is 32.1 Å². The summed E-state index contributed by atoms with van der Waals surface area (Å²) in [5.41, 5.74) is 0.